The van der Waals surface area contributed by atoms with Crippen molar-refractivity contribution in [2.75, 3.05) is 6.61 Å². The van der Waals surface area contributed by atoms with E-state index in [1.54, 1.807) is 13.0 Å². The number of hydrogen-bond donors (Lipinski definition) is 0. The SMILES string of the molecule is C=CCCOC(C)C(=O)Oc1ccc([N+](=O)[O-])c(Cl)c1. The Bertz CT molecular complexity index is 517. The minimum atomic E-state index is -0.746. The van der Waals surface area contributed by atoms with E-state index in [4.69, 9.17) is 21.1 Å². The molecule has 0 radical (unpaired) electrons. The molecule has 0 fully saturated rings. The van der Waals surface area contributed by atoms with Crippen molar-refractivity contribution in [1.29, 1.82) is 0 Å². The van der Waals surface area contributed by atoms with Gasteiger partial charge in [-0.2, -0.15) is 0 Å². The number of halogens is 1. The van der Waals surface area contributed by atoms with Crippen LogP contribution < -0.4 is 4.74 Å². The number of rotatable bonds is 7. The summed E-state index contributed by atoms with van der Waals surface area (Å²) in [5, 5.41) is 10.5. The van der Waals surface area contributed by atoms with Crippen LogP contribution in [-0.4, -0.2) is 23.6 Å². The highest BCUT2D eigenvalue weighted by Crippen LogP contribution is 2.28. The standard InChI is InChI=1S/C13H14ClNO5/c1-3-4-7-19-9(2)13(16)20-10-5-6-12(15(17)18)11(14)8-10/h3,5-6,8-9H,1,4,7H2,2H3. The molecule has 6 nitrogen and oxygen atoms in total. The molecule has 0 heterocycles. The van der Waals surface area contributed by atoms with Gasteiger partial charge in [0.25, 0.3) is 5.69 Å². The van der Waals surface area contributed by atoms with Gasteiger partial charge in [-0.25, -0.2) is 4.79 Å². The molecule has 1 aromatic rings. The molecule has 1 aromatic carbocycles. The third-order valence-electron chi connectivity index (χ3n) is 2.36. The quantitative estimate of drug-likeness (QED) is 0.193. The van der Waals surface area contributed by atoms with Gasteiger partial charge in [0.2, 0.25) is 0 Å². The van der Waals surface area contributed by atoms with Crippen LogP contribution in [0, 0.1) is 10.1 Å². The molecule has 1 unspecified atom stereocenters. The summed E-state index contributed by atoms with van der Waals surface area (Å²) < 4.78 is 10.2. The van der Waals surface area contributed by atoms with E-state index < -0.39 is 17.0 Å². The summed E-state index contributed by atoms with van der Waals surface area (Å²) in [6.45, 7) is 5.45. The van der Waals surface area contributed by atoms with Crippen LogP contribution in [0.3, 0.4) is 0 Å². The number of nitrogens with zero attached hydrogens (tertiary/aromatic N) is 1. The predicted molar refractivity (Wildman–Crippen MR) is 74.0 cm³/mol. The van der Waals surface area contributed by atoms with Crippen molar-refractivity contribution in [3.8, 4) is 5.75 Å². The summed E-state index contributed by atoms with van der Waals surface area (Å²) in [6.07, 6.45) is 1.55. The number of benzene rings is 1. The van der Waals surface area contributed by atoms with Crippen LogP contribution in [-0.2, 0) is 9.53 Å². The Morgan fingerprint density at radius 1 is 1.60 bits per heavy atom. The van der Waals surface area contributed by atoms with Gasteiger partial charge >= 0.3 is 5.97 Å². The second kappa shape index (κ2) is 7.62. The molecule has 0 saturated heterocycles. The van der Waals surface area contributed by atoms with Crippen molar-refractivity contribution in [1.82, 2.24) is 0 Å². The molecular formula is C13H14ClNO5. The monoisotopic (exact) mass is 299 g/mol. The van der Waals surface area contributed by atoms with Crippen molar-refractivity contribution in [2.24, 2.45) is 0 Å². The molecule has 0 aromatic heterocycles. The van der Waals surface area contributed by atoms with E-state index in [2.05, 4.69) is 6.58 Å². The molecule has 20 heavy (non-hydrogen) atoms. The Labute approximate surface area is 121 Å². The molecule has 0 aliphatic heterocycles. The Morgan fingerprint density at radius 2 is 2.30 bits per heavy atom. The van der Waals surface area contributed by atoms with Crippen LogP contribution in [0.1, 0.15) is 13.3 Å². The molecule has 0 bridgehead atoms. The van der Waals surface area contributed by atoms with Crippen molar-refractivity contribution in [2.45, 2.75) is 19.4 Å². The third kappa shape index (κ3) is 4.64. The lowest BCUT2D eigenvalue weighted by Gasteiger charge is -2.11. The molecule has 0 amide bonds. The highest BCUT2D eigenvalue weighted by Gasteiger charge is 2.18. The van der Waals surface area contributed by atoms with Gasteiger partial charge in [-0.3, -0.25) is 10.1 Å². The zero-order valence-corrected chi connectivity index (χ0v) is 11.6. The molecule has 0 saturated carbocycles. The summed E-state index contributed by atoms with van der Waals surface area (Å²) in [5.41, 5.74) is -0.248. The zero-order chi connectivity index (χ0) is 15.1. The van der Waals surface area contributed by atoms with Gasteiger partial charge in [0.1, 0.15) is 10.8 Å². The number of carbonyl (C=O) groups is 1. The fourth-order valence-electron chi connectivity index (χ4n) is 1.29. The average molecular weight is 300 g/mol. The lowest BCUT2D eigenvalue weighted by Crippen LogP contribution is -2.26. The lowest BCUT2D eigenvalue weighted by atomic mass is 10.3. The summed E-state index contributed by atoms with van der Waals surface area (Å²) in [5.74, 6) is -0.469. The van der Waals surface area contributed by atoms with Crippen LogP contribution in [0.4, 0.5) is 5.69 Å². The van der Waals surface area contributed by atoms with E-state index >= 15 is 0 Å². The number of esters is 1. The summed E-state index contributed by atoms with van der Waals surface area (Å²) in [7, 11) is 0. The maximum Gasteiger partial charge on any atom is 0.340 e. The first kappa shape index (κ1) is 16.1. The van der Waals surface area contributed by atoms with Crippen molar-refractivity contribution in [3.05, 3.63) is 46.0 Å². The Kier molecular flexibility index (Phi) is 6.14. The van der Waals surface area contributed by atoms with Crippen LogP contribution in [0.15, 0.2) is 30.9 Å². The number of ether oxygens (including phenoxy) is 2. The van der Waals surface area contributed by atoms with Crippen molar-refractivity contribution < 1.29 is 19.2 Å². The van der Waals surface area contributed by atoms with E-state index in [1.807, 2.05) is 0 Å². The van der Waals surface area contributed by atoms with Crippen molar-refractivity contribution in [3.63, 3.8) is 0 Å². The van der Waals surface area contributed by atoms with Crippen LogP contribution >= 0.6 is 11.6 Å². The average Bonchev–Trinajstić information content (AvgIpc) is 2.38. The smallest absolute Gasteiger partial charge is 0.340 e. The van der Waals surface area contributed by atoms with Crippen LogP contribution in [0.5, 0.6) is 5.75 Å². The van der Waals surface area contributed by atoms with Gasteiger partial charge in [-0.15, -0.1) is 6.58 Å². The Morgan fingerprint density at radius 3 is 2.85 bits per heavy atom. The zero-order valence-electron chi connectivity index (χ0n) is 10.9. The molecule has 7 heteroatoms. The highest BCUT2D eigenvalue weighted by atomic mass is 35.5. The van der Waals surface area contributed by atoms with Crippen molar-refractivity contribution >= 4 is 23.3 Å². The predicted octanol–water partition coefficient (Wildman–Crippen LogP) is 3.13. The number of hydrogen-bond acceptors (Lipinski definition) is 5. The molecule has 1 atom stereocenters. The topological polar surface area (TPSA) is 78.7 Å². The molecular weight excluding hydrogens is 286 g/mol. The Balaban J connectivity index is 2.64. The maximum absolute atomic E-state index is 11.7. The van der Waals surface area contributed by atoms with Gasteiger partial charge in [0, 0.05) is 12.1 Å². The van der Waals surface area contributed by atoms with E-state index in [0.717, 1.165) is 0 Å². The molecule has 108 valence electrons. The van der Waals surface area contributed by atoms with E-state index in [9.17, 15) is 14.9 Å². The van der Waals surface area contributed by atoms with Gasteiger partial charge in [0.05, 0.1) is 11.5 Å². The molecule has 0 spiro atoms. The maximum atomic E-state index is 11.7. The minimum Gasteiger partial charge on any atom is -0.425 e. The van der Waals surface area contributed by atoms with E-state index in [1.165, 1.54) is 18.2 Å². The second-order valence-corrected chi connectivity index (χ2v) is 4.29. The van der Waals surface area contributed by atoms with Gasteiger partial charge < -0.3 is 9.47 Å². The van der Waals surface area contributed by atoms with E-state index in [0.29, 0.717) is 13.0 Å². The van der Waals surface area contributed by atoms with Gasteiger partial charge in [0.15, 0.2) is 6.10 Å². The fraction of sp³-hybridized carbons (Fsp3) is 0.308. The van der Waals surface area contributed by atoms with E-state index in [-0.39, 0.29) is 16.5 Å². The fourth-order valence-corrected chi connectivity index (χ4v) is 1.53. The summed E-state index contributed by atoms with van der Waals surface area (Å²) >= 11 is 5.71. The molecule has 0 aliphatic carbocycles. The van der Waals surface area contributed by atoms with Gasteiger partial charge in [-0.05, 0) is 19.4 Å². The molecule has 0 N–H and O–H groups in total. The number of carbonyl (C=O) groups excluding carboxylic acids is 1. The van der Waals surface area contributed by atoms with Crippen LogP contribution in [0.2, 0.25) is 5.02 Å². The molecule has 0 aliphatic rings. The first-order valence-electron chi connectivity index (χ1n) is 5.84. The Hall–Kier alpha value is -1.92. The normalized spacial score (nSPS) is 11.7. The highest BCUT2D eigenvalue weighted by molar-refractivity contribution is 6.32. The number of nitro groups is 1. The second-order valence-electron chi connectivity index (χ2n) is 3.88. The third-order valence-corrected chi connectivity index (χ3v) is 2.66. The molecule has 1 rings (SSSR count). The first-order valence-corrected chi connectivity index (χ1v) is 6.21. The summed E-state index contributed by atoms with van der Waals surface area (Å²) in [6, 6.07) is 3.70. The van der Waals surface area contributed by atoms with Crippen LogP contribution in [0.25, 0.3) is 0 Å². The minimum absolute atomic E-state index is 0.0967. The van der Waals surface area contributed by atoms with Gasteiger partial charge in [-0.1, -0.05) is 17.7 Å². The lowest BCUT2D eigenvalue weighted by molar-refractivity contribution is -0.384. The number of nitro benzene ring substituents is 1. The largest absolute Gasteiger partial charge is 0.425 e. The first-order chi connectivity index (χ1) is 9.45. The summed E-state index contributed by atoms with van der Waals surface area (Å²) in [4.78, 5) is 21.7.